The molecule has 0 spiro atoms. The highest BCUT2D eigenvalue weighted by Crippen LogP contribution is 2.27. The molecular formula is C17H20BrNO. The smallest absolute Gasteiger partial charge is 0.139 e. The molecule has 2 N–H and O–H groups in total. The van der Waals surface area contributed by atoms with E-state index in [1.54, 1.807) is 0 Å². The highest BCUT2D eigenvalue weighted by Gasteiger charge is 2.20. The van der Waals surface area contributed by atoms with Crippen molar-refractivity contribution in [1.29, 1.82) is 0 Å². The molecule has 0 aliphatic carbocycles. The lowest BCUT2D eigenvalue weighted by molar-refractivity contribution is 0.171. The molecule has 2 nitrogen and oxygen atoms in total. The first-order valence-corrected chi connectivity index (χ1v) is 7.64. The number of nitrogens with two attached hydrogens (primary N) is 1. The maximum absolute atomic E-state index is 6.24. The van der Waals surface area contributed by atoms with Gasteiger partial charge in [0.2, 0.25) is 0 Å². The van der Waals surface area contributed by atoms with Crippen molar-refractivity contribution < 1.29 is 4.74 Å². The van der Waals surface area contributed by atoms with Gasteiger partial charge in [-0.25, -0.2) is 0 Å². The van der Waals surface area contributed by atoms with Crippen molar-refractivity contribution in [3.05, 3.63) is 64.1 Å². The van der Waals surface area contributed by atoms with E-state index in [4.69, 9.17) is 10.5 Å². The third-order valence-electron chi connectivity index (χ3n) is 3.33. The van der Waals surface area contributed by atoms with E-state index in [1.165, 1.54) is 5.56 Å². The van der Waals surface area contributed by atoms with E-state index in [-0.39, 0.29) is 12.1 Å². The average Bonchev–Trinajstić information content (AvgIpc) is 2.45. The Labute approximate surface area is 129 Å². The van der Waals surface area contributed by atoms with Crippen LogP contribution in [0, 0.1) is 6.92 Å². The SMILES string of the molecule is CCC(N)C(Oc1cccc(Br)c1)c1ccc(C)cc1. The molecule has 2 aromatic carbocycles. The Morgan fingerprint density at radius 1 is 1.15 bits per heavy atom. The average molecular weight is 334 g/mol. The van der Waals surface area contributed by atoms with Crippen LogP contribution in [0.15, 0.2) is 53.0 Å². The quantitative estimate of drug-likeness (QED) is 0.866. The summed E-state index contributed by atoms with van der Waals surface area (Å²) in [6, 6.07) is 16.2. The normalized spacial score (nSPS) is 13.8. The second kappa shape index (κ2) is 6.91. The number of hydrogen-bond acceptors (Lipinski definition) is 2. The molecule has 0 radical (unpaired) electrons. The van der Waals surface area contributed by atoms with E-state index in [2.05, 4.69) is 54.0 Å². The van der Waals surface area contributed by atoms with Crippen molar-refractivity contribution in [2.24, 2.45) is 5.73 Å². The van der Waals surface area contributed by atoms with Gasteiger partial charge in [-0.1, -0.05) is 58.7 Å². The number of benzene rings is 2. The summed E-state index contributed by atoms with van der Waals surface area (Å²) in [4.78, 5) is 0. The van der Waals surface area contributed by atoms with Crippen molar-refractivity contribution in [2.75, 3.05) is 0 Å². The van der Waals surface area contributed by atoms with Crippen LogP contribution in [-0.2, 0) is 0 Å². The van der Waals surface area contributed by atoms with Crippen LogP contribution < -0.4 is 10.5 Å². The van der Waals surface area contributed by atoms with E-state index >= 15 is 0 Å². The van der Waals surface area contributed by atoms with E-state index < -0.39 is 0 Å². The molecule has 20 heavy (non-hydrogen) atoms. The number of halogens is 1. The lowest BCUT2D eigenvalue weighted by atomic mass is 10.00. The van der Waals surface area contributed by atoms with Gasteiger partial charge in [0.1, 0.15) is 11.9 Å². The molecule has 0 amide bonds. The molecule has 0 saturated heterocycles. The first-order chi connectivity index (χ1) is 9.60. The van der Waals surface area contributed by atoms with Crippen molar-refractivity contribution >= 4 is 15.9 Å². The van der Waals surface area contributed by atoms with Crippen molar-refractivity contribution in [3.8, 4) is 5.75 Å². The number of hydrogen-bond donors (Lipinski definition) is 1. The van der Waals surface area contributed by atoms with E-state index in [0.717, 1.165) is 22.2 Å². The van der Waals surface area contributed by atoms with Crippen LogP contribution in [0.4, 0.5) is 0 Å². The fourth-order valence-electron chi connectivity index (χ4n) is 2.06. The Morgan fingerprint density at radius 2 is 1.85 bits per heavy atom. The summed E-state index contributed by atoms with van der Waals surface area (Å²) in [5.74, 6) is 0.828. The second-order valence-electron chi connectivity index (χ2n) is 4.98. The van der Waals surface area contributed by atoms with E-state index in [0.29, 0.717) is 0 Å². The highest BCUT2D eigenvalue weighted by molar-refractivity contribution is 9.10. The minimum absolute atomic E-state index is 0.0308. The minimum atomic E-state index is -0.130. The summed E-state index contributed by atoms with van der Waals surface area (Å²) in [5, 5.41) is 0. The zero-order chi connectivity index (χ0) is 14.5. The molecule has 0 aliphatic heterocycles. The van der Waals surface area contributed by atoms with Crippen LogP contribution in [0.1, 0.15) is 30.6 Å². The predicted octanol–water partition coefficient (Wildman–Crippen LogP) is 4.61. The summed E-state index contributed by atoms with van der Waals surface area (Å²) in [5.41, 5.74) is 8.59. The largest absolute Gasteiger partial charge is 0.484 e. The number of ether oxygens (including phenoxy) is 1. The predicted molar refractivity (Wildman–Crippen MR) is 87.0 cm³/mol. The summed E-state index contributed by atoms with van der Waals surface area (Å²) in [7, 11) is 0. The Balaban J connectivity index is 2.26. The fraction of sp³-hybridized carbons (Fsp3) is 0.294. The van der Waals surface area contributed by atoms with Crippen LogP contribution in [0.3, 0.4) is 0 Å². The molecule has 0 fully saturated rings. The lowest BCUT2D eigenvalue weighted by Gasteiger charge is -2.25. The molecule has 106 valence electrons. The van der Waals surface area contributed by atoms with Gasteiger partial charge in [0.05, 0.1) is 0 Å². The summed E-state index contributed by atoms with van der Waals surface area (Å²) >= 11 is 3.46. The van der Waals surface area contributed by atoms with Crippen LogP contribution >= 0.6 is 15.9 Å². The second-order valence-corrected chi connectivity index (χ2v) is 5.89. The molecule has 2 unspecified atom stereocenters. The monoisotopic (exact) mass is 333 g/mol. The Morgan fingerprint density at radius 3 is 2.45 bits per heavy atom. The fourth-order valence-corrected chi connectivity index (χ4v) is 2.44. The van der Waals surface area contributed by atoms with E-state index in [1.807, 2.05) is 24.3 Å². The number of aryl methyl sites for hydroxylation is 1. The molecule has 0 saturated carbocycles. The van der Waals surface area contributed by atoms with Crippen LogP contribution in [0.5, 0.6) is 5.75 Å². The molecule has 2 aromatic rings. The van der Waals surface area contributed by atoms with Gasteiger partial charge in [0.25, 0.3) is 0 Å². The standard InChI is InChI=1S/C17H20BrNO/c1-3-16(19)17(13-9-7-12(2)8-10-13)20-15-6-4-5-14(18)11-15/h4-11,16-17H,3,19H2,1-2H3. The van der Waals surface area contributed by atoms with Gasteiger partial charge in [-0.05, 0) is 37.1 Å². The van der Waals surface area contributed by atoms with Crippen molar-refractivity contribution in [3.63, 3.8) is 0 Å². The maximum atomic E-state index is 6.24. The third-order valence-corrected chi connectivity index (χ3v) is 3.82. The summed E-state index contributed by atoms with van der Waals surface area (Å²) in [6.45, 7) is 4.16. The zero-order valence-electron chi connectivity index (χ0n) is 11.8. The van der Waals surface area contributed by atoms with Gasteiger partial charge in [-0.15, -0.1) is 0 Å². The van der Waals surface area contributed by atoms with Gasteiger partial charge >= 0.3 is 0 Å². The molecule has 2 rings (SSSR count). The summed E-state index contributed by atoms with van der Waals surface area (Å²) in [6.07, 6.45) is 0.738. The molecule has 2 atom stereocenters. The molecule has 0 aliphatic rings. The first-order valence-electron chi connectivity index (χ1n) is 6.84. The zero-order valence-corrected chi connectivity index (χ0v) is 13.4. The van der Waals surface area contributed by atoms with Crippen LogP contribution in [0.25, 0.3) is 0 Å². The van der Waals surface area contributed by atoms with Crippen LogP contribution in [-0.4, -0.2) is 6.04 Å². The third kappa shape index (κ3) is 3.84. The molecule has 3 heteroatoms. The van der Waals surface area contributed by atoms with Gasteiger partial charge in [-0.2, -0.15) is 0 Å². The maximum Gasteiger partial charge on any atom is 0.139 e. The summed E-state index contributed by atoms with van der Waals surface area (Å²) < 4.78 is 7.12. The molecule has 0 bridgehead atoms. The Bertz CT molecular complexity index is 553. The minimum Gasteiger partial charge on any atom is -0.484 e. The molecular weight excluding hydrogens is 314 g/mol. The van der Waals surface area contributed by atoms with Gasteiger partial charge < -0.3 is 10.5 Å². The van der Waals surface area contributed by atoms with Crippen molar-refractivity contribution in [2.45, 2.75) is 32.4 Å². The highest BCUT2D eigenvalue weighted by atomic mass is 79.9. The number of rotatable bonds is 5. The van der Waals surface area contributed by atoms with E-state index in [9.17, 15) is 0 Å². The topological polar surface area (TPSA) is 35.2 Å². The van der Waals surface area contributed by atoms with Gasteiger partial charge in [0, 0.05) is 10.5 Å². The molecule has 0 aromatic heterocycles. The Kier molecular flexibility index (Phi) is 5.21. The van der Waals surface area contributed by atoms with Gasteiger partial charge in [0.15, 0.2) is 0 Å². The van der Waals surface area contributed by atoms with Crippen LogP contribution in [0.2, 0.25) is 0 Å². The first kappa shape index (κ1) is 15.1. The van der Waals surface area contributed by atoms with Crippen molar-refractivity contribution in [1.82, 2.24) is 0 Å². The Hall–Kier alpha value is -1.32. The molecule has 0 heterocycles. The lowest BCUT2D eigenvalue weighted by Crippen LogP contribution is -2.31. The van der Waals surface area contributed by atoms with Gasteiger partial charge in [-0.3, -0.25) is 0 Å².